The zero-order valence-corrected chi connectivity index (χ0v) is 15.4. The van der Waals surface area contributed by atoms with E-state index in [0.29, 0.717) is 5.15 Å². The van der Waals surface area contributed by atoms with E-state index in [0.717, 1.165) is 35.3 Å². The molecule has 2 N–H and O–H groups in total. The normalized spacial score (nSPS) is 13.3. The minimum atomic E-state index is -0.0306. The Morgan fingerprint density at radius 3 is 2.45 bits per heavy atom. The van der Waals surface area contributed by atoms with Crippen molar-refractivity contribution in [2.75, 3.05) is 7.11 Å². The van der Waals surface area contributed by atoms with Crippen LogP contribution in [0.1, 0.15) is 58.6 Å². The van der Waals surface area contributed by atoms with Crippen LogP contribution in [0.5, 0.6) is 0 Å². The smallest absolute Gasteiger partial charge is 0.129 e. The lowest BCUT2D eigenvalue weighted by Gasteiger charge is -2.19. The number of pyridine rings is 1. The van der Waals surface area contributed by atoms with Crippen molar-refractivity contribution in [2.45, 2.75) is 53.5 Å². The molecule has 0 fully saturated rings. The summed E-state index contributed by atoms with van der Waals surface area (Å²) in [7, 11) is 1.66. The predicted octanol–water partition coefficient (Wildman–Crippen LogP) is 5.30. The molecule has 1 aromatic rings. The van der Waals surface area contributed by atoms with Gasteiger partial charge >= 0.3 is 0 Å². The van der Waals surface area contributed by atoms with Gasteiger partial charge in [0.15, 0.2) is 0 Å². The Morgan fingerprint density at radius 2 is 2.00 bits per heavy atom. The fourth-order valence-corrected chi connectivity index (χ4v) is 2.30. The van der Waals surface area contributed by atoms with Gasteiger partial charge in [-0.2, -0.15) is 0 Å². The summed E-state index contributed by atoms with van der Waals surface area (Å²) >= 11 is 6.05. The molecule has 0 spiro atoms. The first-order valence-corrected chi connectivity index (χ1v) is 8.28. The Balaban J connectivity index is 0.00000211. The lowest BCUT2D eigenvalue weighted by Crippen LogP contribution is -2.21. The number of hydrogen-bond donors (Lipinski definition) is 1. The molecule has 4 heteroatoms. The van der Waals surface area contributed by atoms with Crippen molar-refractivity contribution in [3.8, 4) is 0 Å². The van der Waals surface area contributed by atoms with E-state index in [1.165, 1.54) is 0 Å². The maximum absolute atomic E-state index is 6.20. The highest BCUT2D eigenvalue weighted by Crippen LogP contribution is 2.30. The van der Waals surface area contributed by atoms with Crippen LogP contribution in [0.4, 0.5) is 0 Å². The molecule has 1 heterocycles. The van der Waals surface area contributed by atoms with Crippen molar-refractivity contribution in [2.24, 2.45) is 5.73 Å². The third kappa shape index (κ3) is 5.47. The van der Waals surface area contributed by atoms with E-state index < -0.39 is 0 Å². The first-order chi connectivity index (χ1) is 10.6. The molecule has 0 aromatic carbocycles. The Hall–Kier alpha value is -1.32. The third-order valence-corrected chi connectivity index (χ3v) is 3.41. The lowest BCUT2D eigenvalue weighted by molar-refractivity contribution is 0.368. The Kier molecular flexibility index (Phi) is 10.6. The summed E-state index contributed by atoms with van der Waals surface area (Å²) in [6.45, 7) is 10.1. The first kappa shape index (κ1) is 20.7. The van der Waals surface area contributed by atoms with E-state index in [2.05, 4.69) is 18.8 Å². The number of nitrogens with zero attached hydrogens (tertiary/aromatic N) is 1. The van der Waals surface area contributed by atoms with Crippen LogP contribution >= 0.6 is 11.6 Å². The molecule has 0 bridgehead atoms. The molecule has 0 amide bonds. The molecule has 1 rings (SSSR count). The zero-order chi connectivity index (χ0) is 17.1. The summed E-state index contributed by atoms with van der Waals surface area (Å²) in [5.74, 6) is 0.800. The van der Waals surface area contributed by atoms with Gasteiger partial charge in [0, 0.05) is 17.8 Å². The van der Waals surface area contributed by atoms with Gasteiger partial charge in [0.2, 0.25) is 0 Å². The molecule has 1 unspecified atom stereocenters. The topological polar surface area (TPSA) is 48.1 Å². The van der Waals surface area contributed by atoms with E-state index in [9.17, 15) is 0 Å². The highest BCUT2D eigenvalue weighted by molar-refractivity contribution is 6.29. The van der Waals surface area contributed by atoms with E-state index in [1.54, 1.807) is 13.3 Å². The molecular formula is C18H29ClN2O. The predicted molar refractivity (Wildman–Crippen MR) is 97.8 cm³/mol. The molecule has 3 nitrogen and oxygen atoms in total. The van der Waals surface area contributed by atoms with Crippen molar-refractivity contribution in [3.63, 3.8) is 0 Å². The van der Waals surface area contributed by atoms with Crippen LogP contribution in [0.3, 0.4) is 0 Å². The number of allylic oxidation sites excluding steroid dienone is 2. The molecular weight excluding hydrogens is 296 g/mol. The summed E-state index contributed by atoms with van der Waals surface area (Å²) in [5, 5.41) is 0.457. The second kappa shape index (κ2) is 11.3. The molecule has 0 saturated heterocycles. The number of methoxy groups -OCH3 is 1. The molecule has 0 aliphatic carbocycles. The third-order valence-electron chi connectivity index (χ3n) is 3.21. The van der Waals surface area contributed by atoms with Crippen LogP contribution < -0.4 is 5.73 Å². The van der Waals surface area contributed by atoms with Crippen LogP contribution in [-0.2, 0) is 4.74 Å². The van der Waals surface area contributed by atoms with Crippen LogP contribution in [-0.4, -0.2) is 18.1 Å². The molecule has 0 radical (unpaired) electrons. The maximum atomic E-state index is 6.20. The number of nitrogens with two attached hydrogens (primary N) is 1. The maximum Gasteiger partial charge on any atom is 0.129 e. The standard InChI is InChI=1S/C16H23ClN2O.C2H6/c1-5-8-15(20-4)13-10-19-16(17)9-12(13)11(6-2)14(18)7-3;1-2/h6,8-10,14H,5,7,18H2,1-4H3;1-2H3/b11-6+,15-8-;. The van der Waals surface area contributed by atoms with Gasteiger partial charge in [-0.25, -0.2) is 4.98 Å². The highest BCUT2D eigenvalue weighted by atomic mass is 35.5. The van der Waals surface area contributed by atoms with Gasteiger partial charge in [-0.1, -0.05) is 45.4 Å². The molecule has 0 aliphatic rings. The second-order valence-corrected chi connectivity index (χ2v) is 4.88. The number of rotatable bonds is 6. The van der Waals surface area contributed by atoms with Crippen molar-refractivity contribution in [1.29, 1.82) is 0 Å². The number of aromatic nitrogens is 1. The minimum absolute atomic E-state index is 0.0306. The summed E-state index contributed by atoms with van der Waals surface area (Å²) in [5.41, 5.74) is 9.18. The Labute approximate surface area is 140 Å². The van der Waals surface area contributed by atoms with Crippen molar-refractivity contribution in [3.05, 3.63) is 40.7 Å². The van der Waals surface area contributed by atoms with Crippen LogP contribution in [0, 0.1) is 0 Å². The van der Waals surface area contributed by atoms with Gasteiger partial charge in [-0.05, 0) is 43.0 Å². The zero-order valence-electron chi connectivity index (χ0n) is 14.6. The number of ether oxygens (including phenoxy) is 1. The summed E-state index contributed by atoms with van der Waals surface area (Å²) < 4.78 is 5.48. The number of halogens is 1. The largest absolute Gasteiger partial charge is 0.496 e. The van der Waals surface area contributed by atoms with E-state index in [4.69, 9.17) is 22.1 Å². The monoisotopic (exact) mass is 324 g/mol. The Bertz CT molecular complexity index is 510. The van der Waals surface area contributed by atoms with Crippen LogP contribution in [0.2, 0.25) is 5.15 Å². The van der Waals surface area contributed by atoms with Gasteiger partial charge in [0.25, 0.3) is 0 Å². The van der Waals surface area contributed by atoms with Gasteiger partial charge in [0.1, 0.15) is 10.9 Å². The molecule has 1 atom stereocenters. The minimum Gasteiger partial charge on any atom is -0.496 e. The average molecular weight is 325 g/mol. The quantitative estimate of drug-likeness (QED) is 0.570. The summed E-state index contributed by atoms with van der Waals surface area (Å²) in [4.78, 5) is 4.17. The highest BCUT2D eigenvalue weighted by Gasteiger charge is 2.17. The van der Waals surface area contributed by atoms with Crippen molar-refractivity contribution in [1.82, 2.24) is 4.98 Å². The fourth-order valence-electron chi connectivity index (χ4n) is 2.14. The number of hydrogen-bond acceptors (Lipinski definition) is 3. The van der Waals surface area contributed by atoms with E-state index in [1.807, 2.05) is 39.0 Å². The molecule has 124 valence electrons. The van der Waals surface area contributed by atoms with Gasteiger partial charge < -0.3 is 10.5 Å². The van der Waals surface area contributed by atoms with Crippen LogP contribution in [0.15, 0.2) is 24.4 Å². The van der Waals surface area contributed by atoms with Crippen molar-refractivity contribution < 1.29 is 4.74 Å². The van der Waals surface area contributed by atoms with Gasteiger partial charge in [0.05, 0.1) is 7.11 Å². The molecule has 0 aliphatic heterocycles. The first-order valence-electron chi connectivity index (χ1n) is 7.91. The summed E-state index contributed by atoms with van der Waals surface area (Å²) in [6, 6.07) is 1.82. The molecule has 22 heavy (non-hydrogen) atoms. The molecule has 0 saturated carbocycles. The second-order valence-electron chi connectivity index (χ2n) is 4.49. The lowest BCUT2D eigenvalue weighted by atomic mass is 9.93. The SMILES string of the molecule is C/C=C(\c1cc(Cl)ncc1/C(=C/CC)OC)C(N)CC.CC. The fraction of sp³-hybridized carbons (Fsp3) is 0.500. The summed E-state index contributed by atoms with van der Waals surface area (Å²) in [6.07, 6.45) is 7.55. The molecule has 1 aromatic heterocycles. The van der Waals surface area contributed by atoms with Gasteiger partial charge in [-0.3, -0.25) is 0 Å². The van der Waals surface area contributed by atoms with E-state index >= 15 is 0 Å². The van der Waals surface area contributed by atoms with Crippen molar-refractivity contribution >= 4 is 22.9 Å². The average Bonchev–Trinajstić information content (AvgIpc) is 2.55. The van der Waals surface area contributed by atoms with Crippen LogP contribution in [0.25, 0.3) is 11.3 Å². The Morgan fingerprint density at radius 1 is 1.36 bits per heavy atom. The van der Waals surface area contributed by atoms with Gasteiger partial charge in [-0.15, -0.1) is 0 Å². The van der Waals surface area contributed by atoms with E-state index in [-0.39, 0.29) is 6.04 Å².